The van der Waals surface area contributed by atoms with Crippen molar-refractivity contribution in [2.75, 3.05) is 0 Å². The molecule has 0 bridgehead atoms. The van der Waals surface area contributed by atoms with Gasteiger partial charge in [-0.25, -0.2) is 4.98 Å². The van der Waals surface area contributed by atoms with Crippen LogP contribution >= 0.6 is 11.6 Å². The summed E-state index contributed by atoms with van der Waals surface area (Å²) in [5.74, 6) is 1.20. The number of hydrogen-bond donors (Lipinski definition) is 1. The standard InChI is InChI=1S/C14H14ClN3O/c15-12-5-6-14(19-11-2-1-7-16-8-11)18-13(12)9-17-10-3-4-10/h1-2,5-8,10,17H,3-4,9H2. The molecule has 0 aliphatic heterocycles. The van der Waals surface area contributed by atoms with Gasteiger partial charge in [0.25, 0.3) is 0 Å². The van der Waals surface area contributed by atoms with E-state index in [1.165, 1.54) is 12.8 Å². The third-order valence-electron chi connectivity index (χ3n) is 2.89. The van der Waals surface area contributed by atoms with Gasteiger partial charge < -0.3 is 10.1 Å². The Kier molecular flexibility index (Phi) is 3.62. The molecule has 0 amide bonds. The molecule has 19 heavy (non-hydrogen) atoms. The number of nitrogens with zero attached hydrogens (tertiary/aromatic N) is 2. The van der Waals surface area contributed by atoms with Gasteiger partial charge in [-0.1, -0.05) is 11.6 Å². The fourth-order valence-corrected chi connectivity index (χ4v) is 1.87. The second-order valence-corrected chi connectivity index (χ2v) is 4.93. The van der Waals surface area contributed by atoms with Crippen molar-refractivity contribution in [3.8, 4) is 11.6 Å². The van der Waals surface area contributed by atoms with Crippen LogP contribution in [0.3, 0.4) is 0 Å². The van der Waals surface area contributed by atoms with Crippen LogP contribution in [0.15, 0.2) is 36.7 Å². The molecule has 0 spiro atoms. The molecule has 3 rings (SSSR count). The van der Waals surface area contributed by atoms with Crippen LogP contribution in [0.1, 0.15) is 18.5 Å². The molecule has 1 fully saturated rings. The van der Waals surface area contributed by atoms with Gasteiger partial charge in [-0.3, -0.25) is 4.98 Å². The summed E-state index contributed by atoms with van der Waals surface area (Å²) in [5.41, 5.74) is 0.815. The average Bonchev–Trinajstić information content (AvgIpc) is 3.25. The van der Waals surface area contributed by atoms with Gasteiger partial charge in [0.05, 0.1) is 16.9 Å². The highest BCUT2D eigenvalue weighted by Crippen LogP contribution is 2.24. The predicted molar refractivity (Wildman–Crippen MR) is 73.4 cm³/mol. The first kappa shape index (κ1) is 12.4. The van der Waals surface area contributed by atoms with Gasteiger partial charge >= 0.3 is 0 Å². The van der Waals surface area contributed by atoms with Gasteiger partial charge in [0.1, 0.15) is 5.75 Å². The first-order valence-electron chi connectivity index (χ1n) is 6.28. The van der Waals surface area contributed by atoms with E-state index in [9.17, 15) is 0 Å². The summed E-state index contributed by atoms with van der Waals surface area (Å²) in [6.07, 6.45) is 5.83. The normalized spacial score (nSPS) is 14.4. The molecule has 1 saturated carbocycles. The molecule has 1 aliphatic carbocycles. The number of rotatable bonds is 5. The lowest BCUT2D eigenvalue weighted by atomic mass is 10.3. The minimum absolute atomic E-state index is 0.532. The van der Waals surface area contributed by atoms with Crippen LogP contribution in [0.2, 0.25) is 5.02 Å². The van der Waals surface area contributed by atoms with E-state index < -0.39 is 0 Å². The van der Waals surface area contributed by atoms with E-state index in [1.54, 1.807) is 18.5 Å². The fourth-order valence-electron chi connectivity index (χ4n) is 1.70. The van der Waals surface area contributed by atoms with Crippen molar-refractivity contribution in [1.29, 1.82) is 0 Å². The number of aromatic nitrogens is 2. The smallest absolute Gasteiger partial charge is 0.219 e. The van der Waals surface area contributed by atoms with Crippen molar-refractivity contribution in [2.45, 2.75) is 25.4 Å². The lowest BCUT2D eigenvalue weighted by Gasteiger charge is -2.08. The van der Waals surface area contributed by atoms with Crippen molar-refractivity contribution in [2.24, 2.45) is 0 Å². The molecule has 2 aromatic heterocycles. The molecule has 5 heteroatoms. The van der Waals surface area contributed by atoms with Crippen LogP contribution < -0.4 is 10.1 Å². The van der Waals surface area contributed by atoms with Crippen LogP contribution in [0.4, 0.5) is 0 Å². The topological polar surface area (TPSA) is 47.0 Å². The van der Waals surface area contributed by atoms with Crippen LogP contribution in [0.5, 0.6) is 11.6 Å². The monoisotopic (exact) mass is 275 g/mol. The maximum atomic E-state index is 6.13. The summed E-state index contributed by atoms with van der Waals surface area (Å²) in [5, 5.41) is 4.05. The third kappa shape index (κ3) is 3.43. The molecule has 0 radical (unpaired) electrons. The van der Waals surface area contributed by atoms with Gasteiger partial charge in [-0.15, -0.1) is 0 Å². The Hall–Kier alpha value is -1.65. The fraction of sp³-hybridized carbons (Fsp3) is 0.286. The van der Waals surface area contributed by atoms with Gasteiger partial charge in [0, 0.05) is 24.8 Å². The molecular formula is C14H14ClN3O. The molecule has 2 aromatic rings. The molecule has 1 N–H and O–H groups in total. The van der Waals surface area contributed by atoms with E-state index in [2.05, 4.69) is 15.3 Å². The summed E-state index contributed by atoms with van der Waals surface area (Å²) in [6, 6.07) is 7.85. The Balaban J connectivity index is 1.72. The maximum Gasteiger partial charge on any atom is 0.219 e. The summed E-state index contributed by atoms with van der Waals surface area (Å²) in [7, 11) is 0. The summed E-state index contributed by atoms with van der Waals surface area (Å²) in [6.45, 7) is 0.674. The number of hydrogen-bond acceptors (Lipinski definition) is 4. The first-order valence-corrected chi connectivity index (χ1v) is 6.66. The van der Waals surface area contributed by atoms with E-state index in [0.29, 0.717) is 29.2 Å². The largest absolute Gasteiger partial charge is 0.437 e. The quantitative estimate of drug-likeness (QED) is 0.910. The molecule has 1 aliphatic rings. The van der Waals surface area contributed by atoms with Crippen molar-refractivity contribution in [3.05, 3.63) is 47.4 Å². The highest BCUT2D eigenvalue weighted by molar-refractivity contribution is 6.31. The zero-order valence-electron chi connectivity index (χ0n) is 10.3. The Morgan fingerprint density at radius 3 is 2.95 bits per heavy atom. The van der Waals surface area contributed by atoms with Gasteiger partial charge in [-0.2, -0.15) is 0 Å². The van der Waals surface area contributed by atoms with E-state index in [0.717, 1.165) is 5.69 Å². The van der Waals surface area contributed by atoms with Crippen molar-refractivity contribution < 1.29 is 4.74 Å². The average molecular weight is 276 g/mol. The van der Waals surface area contributed by atoms with Crippen LogP contribution in [0, 0.1) is 0 Å². The lowest BCUT2D eigenvalue weighted by molar-refractivity contribution is 0.457. The maximum absolute atomic E-state index is 6.13. The molecule has 0 atom stereocenters. The molecule has 2 heterocycles. The van der Waals surface area contributed by atoms with E-state index in [-0.39, 0.29) is 0 Å². The Bertz CT molecular complexity index is 558. The lowest BCUT2D eigenvalue weighted by Crippen LogP contribution is -2.16. The van der Waals surface area contributed by atoms with Crippen LogP contribution in [-0.4, -0.2) is 16.0 Å². The molecular weight excluding hydrogens is 262 g/mol. The van der Waals surface area contributed by atoms with Crippen LogP contribution in [0.25, 0.3) is 0 Å². The second kappa shape index (κ2) is 5.55. The SMILES string of the molecule is Clc1ccc(Oc2cccnc2)nc1CNC1CC1. The molecule has 0 saturated heterocycles. The highest BCUT2D eigenvalue weighted by Gasteiger charge is 2.20. The Morgan fingerprint density at radius 1 is 1.32 bits per heavy atom. The zero-order valence-corrected chi connectivity index (χ0v) is 11.1. The number of nitrogens with one attached hydrogen (secondary N) is 1. The van der Waals surface area contributed by atoms with E-state index in [4.69, 9.17) is 16.3 Å². The molecule has 0 unspecified atom stereocenters. The van der Waals surface area contributed by atoms with Gasteiger partial charge in [0.2, 0.25) is 5.88 Å². The number of pyridine rings is 2. The van der Waals surface area contributed by atoms with E-state index >= 15 is 0 Å². The number of ether oxygens (including phenoxy) is 1. The summed E-state index contributed by atoms with van der Waals surface area (Å²) >= 11 is 6.13. The van der Waals surface area contributed by atoms with Crippen molar-refractivity contribution in [1.82, 2.24) is 15.3 Å². The van der Waals surface area contributed by atoms with Crippen LogP contribution in [-0.2, 0) is 6.54 Å². The first-order chi connectivity index (χ1) is 9.31. The van der Waals surface area contributed by atoms with Gasteiger partial charge in [-0.05, 0) is 31.0 Å². The number of halogens is 1. The molecule has 98 valence electrons. The minimum Gasteiger partial charge on any atom is -0.437 e. The van der Waals surface area contributed by atoms with E-state index in [1.807, 2.05) is 18.2 Å². The highest BCUT2D eigenvalue weighted by atomic mass is 35.5. The molecule has 4 nitrogen and oxygen atoms in total. The summed E-state index contributed by atoms with van der Waals surface area (Å²) in [4.78, 5) is 8.42. The third-order valence-corrected chi connectivity index (χ3v) is 3.23. The predicted octanol–water partition coefficient (Wildman–Crippen LogP) is 3.17. The zero-order chi connectivity index (χ0) is 13.1. The molecule has 0 aromatic carbocycles. The minimum atomic E-state index is 0.532. The van der Waals surface area contributed by atoms with Gasteiger partial charge in [0.15, 0.2) is 0 Å². The Morgan fingerprint density at radius 2 is 2.21 bits per heavy atom. The summed E-state index contributed by atoms with van der Waals surface area (Å²) < 4.78 is 5.64. The Labute approximate surface area is 116 Å². The van der Waals surface area contributed by atoms with Crippen molar-refractivity contribution >= 4 is 11.6 Å². The van der Waals surface area contributed by atoms with Crippen molar-refractivity contribution in [3.63, 3.8) is 0 Å². The second-order valence-electron chi connectivity index (χ2n) is 4.52.